The molecular formula is C18H21NO6S. The third kappa shape index (κ3) is 9.07. The van der Waals surface area contributed by atoms with Crippen molar-refractivity contribution in [3.8, 4) is 0 Å². The van der Waals surface area contributed by atoms with Gasteiger partial charge >= 0.3 is 5.97 Å². The number of carbonyl (C=O) groups is 2. The molecule has 0 atom stereocenters. The van der Waals surface area contributed by atoms with Gasteiger partial charge in [-0.15, -0.1) is 0 Å². The van der Waals surface area contributed by atoms with Crippen LogP contribution in [0.1, 0.15) is 18.4 Å². The molecule has 140 valence electrons. The first-order valence-electron chi connectivity index (χ1n) is 7.76. The molecule has 0 aliphatic rings. The number of ketones is 1. The fourth-order valence-corrected chi connectivity index (χ4v) is 2.25. The predicted octanol–water partition coefficient (Wildman–Crippen LogP) is 1.97. The van der Waals surface area contributed by atoms with Crippen molar-refractivity contribution < 1.29 is 27.3 Å². The average molecular weight is 379 g/mol. The van der Waals surface area contributed by atoms with Gasteiger partial charge in [0.1, 0.15) is 12.4 Å². The number of hydrogen-bond donors (Lipinski definition) is 2. The van der Waals surface area contributed by atoms with Crippen LogP contribution in [0, 0.1) is 0 Å². The van der Waals surface area contributed by atoms with Crippen molar-refractivity contribution in [2.24, 2.45) is 5.73 Å². The molecule has 0 bridgehead atoms. The second-order valence-corrected chi connectivity index (χ2v) is 6.60. The summed E-state index contributed by atoms with van der Waals surface area (Å²) in [5, 5.41) is 0. The van der Waals surface area contributed by atoms with Gasteiger partial charge in [0, 0.05) is 6.42 Å². The summed E-state index contributed by atoms with van der Waals surface area (Å²) in [5.41, 5.74) is 6.05. The van der Waals surface area contributed by atoms with Gasteiger partial charge in [0.15, 0.2) is 0 Å². The molecule has 0 spiro atoms. The van der Waals surface area contributed by atoms with Gasteiger partial charge in [0.2, 0.25) is 0 Å². The van der Waals surface area contributed by atoms with E-state index in [-0.39, 0.29) is 42.6 Å². The van der Waals surface area contributed by atoms with E-state index >= 15 is 0 Å². The van der Waals surface area contributed by atoms with Crippen LogP contribution in [-0.4, -0.2) is 31.3 Å². The van der Waals surface area contributed by atoms with E-state index in [1.807, 2.05) is 30.3 Å². The maximum atomic E-state index is 11.2. The first-order valence-corrected chi connectivity index (χ1v) is 9.20. The van der Waals surface area contributed by atoms with Gasteiger partial charge in [-0.1, -0.05) is 48.5 Å². The van der Waals surface area contributed by atoms with E-state index < -0.39 is 10.1 Å². The van der Waals surface area contributed by atoms with Crippen molar-refractivity contribution in [3.05, 3.63) is 66.2 Å². The minimum absolute atomic E-state index is 0.0219. The molecule has 0 heterocycles. The standard InChI is InChI=1S/C12H15NO3.C6H6O3S/c13-8-11(14)6-7-12(15)16-9-10-4-2-1-3-5-10;7-10(8,9)6-4-2-1-3-5-6/h1-5H,6-9,13H2;1-5H,(H,7,8,9). The molecule has 7 nitrogen and oxygen atoms in total. The van der Waals surface area contributed by atoms with Gasteiger partial charge in [-0.05, 0) is 17.7 Å². The zero-order chi connectivity index (χ0) is 19.4. The molecule has 2 rings (SSSR count). The summed E-state index contributed by atoms with van der Waals surface area (Å²) in [4.78, 5) is 22.0. The van der Waals surface area contributed by atoms with E-state index in [4.69, 9.17) is 15.0 Å². The summed E-state index contributed by atoms with van der Waals surface area (Å²) >= 11 is 0. The predicted molar refractivity (Wildman–Crippen MR) is 95.8 cm³/mol. The molecular weight excluding hydrogens is 358 g/mol. The molecule has 0 amide bonds. The second-order valence-electron chi connectivity index (χ2n) is 5.18. The first-order chi connectivity index (χ1) is 12.3. The van der Waals surface area contributed by atoms with E-state index in [2.05, 4.69) is 0 Å². The molecule has 2 aromatic rings. The lowest BCUT2D eigenvalue weighted by molar-refractivity contribution is -0.146. The fourth-order valence-electron chi connectivity index (χ4n) is 1.75. The molecule has 0 aromatic heterocycles. The molecule has 0 saturated heterocycles. The van der Waals surface area contributed by atoms with Crippen molar-refractivity contribution in [1.29, 1.82) is 0 Å². The molecule has 0 unspecified atom stereocenters. The van der Waals surface area contributed by atoms with Crippen LogP contribution in [0.25, 0.3) is 0 Å². The lowest BCUT2D eigenvalue weighted by atomic mass is 10.2. The Kier molecular flexibility index (Phi) is 9.21. The quantitative estimate of drug-likeness (QED) is 0.557. The summed E-state index contributed by atoms with van der Waals surface area (Å²) in [6, 6.07) is 16.8. The first kappa shape index (κ1) is 21.5. The van der Waals surface area contributed by atoms with E-state index in [1.54, 1.807) is 18.2 Å². The van der Waals surface area contributed by atoms with Gasteiger partial charge < -0.3 is 10.5 Å². The number of esters is 1. The number of nitrogens with two attached hydrogens (primary N) is 1. The third-order valence-electron chi connectivity index (χ3n) is 3.12. The van der Waals surface area contributed by atoms with Gasteiger partial charge in [0.05, 0.1) is 17.9 Å². The highest BCUT2D eigenvalue weighted by molar-refractivity contribution is 7.85. The summed E-state index contributed by atoms with van der Waals surface area (Å²) in [5.74, 6) is -0.498. The summed E-state index contributed by atoms with van der Waals surface area (Å²) in [7, 11) is -4.00. The van der Waals surface area contributed by atoms with Crippen molar-refractivity contribution >= 4 is 21.9 Å². The Balaban J connectivity index is 0.000000289. The van der Waals surface area contributed by atoms with Crippen molar-refractivity contribution in [1.82, 2.24) is 0 Å². The highest BCUT2D eigenvalue weighted by atomic mass is 32.2. The summed E-state index contributed by atoms with van der Waals surface area (Å²) in [6.45, 7) is 0.225. The van der Waals surface area contributed by atoms with Crippen LogP contribution in [0.4, 0.5) is 0 Å². The number of hydrogen-bond acceptors (Lipinski definition) is 6. The fraction of sp³-hybridized carbons (Fsp3) is 0.222. The van der Waals surface area contributed by atoms with Crippen LogP contribution in [-0.2, 0) is 31.1 Å². The number of carbonyl (C=O) groups excluding carboxylic acids is 2. The largest absolute Gasteiger partial charge is 0.461 e. The zero-order valence-electron chi connectivity index (χ0n) is 14.1. The Hall–Kier alpha value is -2.55. The molecule has 0 radical (unpaired) electrons. The molecule has 8 heteroatoms. The zero-order valence-corrected chi connectivity index (χ0v) is 14.9. The van der Waals surface area contributed by atoms with Crippen molar-refractivity contribution in [3.63, 3.8) is 0 Å². The molecule has 0 aliphatic heterocycles. The SMILES string of the molecule is NCC(=O)CCC(=O)OCc1ccccc1.O=S(=O)(O)c1ccccc1. The minimum atomic E-state index is -4.00. The van der Waals surface area contributed by atoms with Crippen LogP contribution in [0.2, 0.25) is 0 Å². The Morgan fingerprint density at radius 1 is 0.923 bits per heavy atom. The Labute approximate surface area is 152 Å². The minimum Gasteiger partial charge on any atom is -0.461 e. The normalized spacial score (nSPS) is 10.4. The Bertz CT molecular complexity index is 791. The number of ether oxygens (including phenoxy) is 1. The van der Waals surface area contributed by atoms with Crippen LogP contribution in [0.15, 0.2) is 65.6 Å². The summed E-state index contributed by atoms with van der Waals surface area (Å²) in [6.07, 6.45) is 0.257. The molecule has 0 aliphatic carbocycles. The van der Waals surface area contributed by atoms with Gasteiger partial charge in [-0.3, -0.25) is 14.1 Å². The van der Waals surface area contributed by atoms with E-state index in [0.717, 1.165) is 5.56 Å². The molecule has 0 fully saturated rings. The molecule has 0 saturated carbocycles. The lowest BCUT2D eigenvalue weighted by Gasteiger charge is -2.04. The number of Topliss-reactive ketones (excluding diaryl/α,β-unsaturated/α-hetero) is 1. The van der Waals surface area contributed by atoms with Gasteiger partial charge in [-0.2, -0.15) is 8.42 Å². The molecule has 3 N–H and O–H groups in total. The van der Waals surface area contributed by atoms with E-state index in [9.17, 15) is 18.0 Å². The van der Waals surface area contributed by atoms with Crippen molar-refractivity contribution in [2.45, 2.75) is 24.3 Å². The van der Waals surface area contributed by atoms with Crippen LogP contribution >= 0.6 is 0 Å². The highest BCUT2D eigenvalue weighted by Crippen LogP contribution is 2.05. The number of rotatable bonds is 7. The maximum absolute atomic E-state index is 11.2. The Morgan fingerprint density at radius 2 is 1.46 bits per heavy atom. The van der Waals surface area contributed by atoms with Crippen LogP contribution < -0.4 is 5.73 Å². The van der Waals surface area contributed by atoms with Crippen LogP contribution in [0.5, 0.6) is 0 Å². The highest BCUT2D eigenvalue weighted by Gasteiger charge is 2.07. The second kappa shape index (κ2) is 11.1. The average Bonchev–Trinajstić information content (AvgIpc) is 2.65. The summed E-state index contributed by atoms with van der Waals surface area (Å²) < 4.78 is 34.2. The van der Waals surface area contributed by atoms with Gasteiger partial charge in [-0.25, -0.2) is 0 Å². The van der Waals surface area contributed by atoms with E-state index in [1.165, 1.54) is 12.1 Å². The molecule has 26 heavy (non-hydrogen) atoms. The number of benzene rings is 2. The Morgan fingerprint density at radius 3 is 1.92 bits per heavy atom. The molecule has 2 aromatic carbocycles. The monoisotopic (exact) mass is 379 g/mol. The van der Waals surface area contributed by atoms with Crippen LogP contribution in [0.3, 0.4) is 0 Å². The maximum Gasteiger partial charge on any atom is 0.306 e. The van der Waals surface area contributed by atoms with Gasteiger partial charge in [0.25, 0.3) is 10.1 Å². The smallest absolute Gasteiger partial charge is 0.306 e. The lowest BCUT2D eigenvalue weighted by Crippen LogP contribution is -2.15. The third-order valence-corrected chi connectivity index (χ3v) is 3.99. The topological polar surface area (TPSA) is 124 Å². The van der Waals surface area contributed by atoms with Crippen molar-refractivity contribution in [2.75, 3.05) is 6.54 Å². The van der Waals surface area contributed by atoms with E-state index in [0.29, 0.717) is 0 Å².